The molecule has 0 unspecified atom stereocenters. The molecule has 0 aromatic carbocycles. The lowest BCUT2D eigenvalue weighted by atomic mass is 9.96. The summed E-state index contributed by atoms with van der Waals surface area (Å²) in [4.78, 5) is 11.8. The van der Waals surface area contributed by atoms with Gasteiger partial charge < -0.3 is 8.97 Å². The summed E-state index contributed by atoms with van der Waals surface area (Å²) >= 11 is 0. The van der Waals surface area contributed by atoms with Gasteiger partial charge in [-0.25, -0.2) is 9.97 Å². The standard InChI is InChI=1S/C20H27N5/c1-16(2)20-21-8-12-25(20)13-17-6-10-23(11-7-17)14-18-15-24-9-4-3-5-19(24)22-18/h3-5,8-9,12,15-17H,6-7,10-11,13-14H2,1-2H3. The smallest absolute Gasteiger partial charge is 0.137 e. The zero-order valence-electron chi connectivity index (χ0n) is 15.2. The monoisotopic (exact) mass is 337 g/mol. The first-order valence-electron chi connectivity index (χ1n) is 9.35. The van der Waals surface area contributed by atoms with E-state index in [1.54, 1.807) is 0 Å². The van der Waals surface area contributed by atoms with Gasteiger partial charge in [-0.3, -0.25) is 4.90 Å². The molecule has 0 aliphatic carbocycles. The molecule has 5 nitrogen and oxygen atoms in total. The molecule has 1 aliphatic rings. The van der Waals surface area contributed by atoms with E-state index in [4.69, 9.17) is 4.98 Å². The molecule has 1 saturated heterocycles. The van der Waals surface area contributed by atoms with Crippen molar-refractivity contribution in [3.8, 4) is 0 Å². The largest absolute Gasteiger partial charge is 0.334 e. The van der Waals surface area contributed by atoms with E-state index in [0.717, 1.165) is 37.7 Å². The van der Waals surface area contributed by atoms with Crippen LogP contribution in [0, 0.1) is 5.92 Å². The maximum Gasteiger partial charge on any atom is 0.137 e. The summed E-state index contributed by atoms with van der Waals surface area (Å²) in [6.45, 7) is 8.81. The number of aromatic nitrogens is 4. The fraction of sp³-hybridized carbons (Fsp3) is 0.500. The van der Waals surface area contributed by atoms with E-state index in [9.17, 15) is 0 Å². The van der Waals surface area contributed by atoms with Crippen molar-refractivity contribution in [1.29, 1.82) is 0 Å². The van der Waals surface area contributed by atoms with Gasteiger partial charge in [-0.15, -0.1) is 0 Å². The second kappa shape index (κ2) is 7.00. The van der Waals surface area contributed by atoms with Crippen LogP contribution in [0.2, 0.25) is 0 Å². The van der Waals surface area contributed by atoms with Crippen LogP contribution in [0.1, 0.15) is 44.1 Å². The summed E-state index contributed by atoms with van der Waals surface area (Å²) in [5, 5.41) is 0. The Balaban J connectivity index is 1.33. The quantitative estimate of drug-likeness (QED) is 0.714. The van der Waals surface area contributed by atoms with Gasteiger partial charge in [0.25, 0.3) is 0 Å². The maximum atomic E-state index is 4.73. The Hall–Kier alpha value is -2.14. The number of hydrogen-bond acceptors (Lipinski definition) is 3. The van der Waals surface area contributed by atoms with E-state index < -0.39 is 0 Å². The van der Waals surface area contributed by atoms with Crippen LogP contribution >= 0.6 is 0 Å². The topological polar surface area (TPSA) is 38.4 Å². The van der Waals surface area contributed by atoms with Crippen LogP contribution in [0.5, 0.6) is 0 Å². The highest BCUT2D eigenvalue weighted by atomic mass is 15.2. The molecule has 132 valence electrons. The van der Waals surface area contributed by atoms with Crippen LogP contribution in [0.3, 0.4) is 0 Å². The zero-order valence-corrected chi connectivity index (χ0v) is 15.2. The summed E-state index contributed by atoms with van der Waals surface area (Å²) in [6, 6.07) is 6.15. The molecule has 3 aromatic rings. The Morgan fingerprint density at radius 3 is 2.76 bits per heavy atom. The van der Waals surface area contributed by atoms with Crippen molar-refractivity contribution >= 4 is 5.65 Å². The summed E-state index contributed by atoms with van der Waals surface area (Å²) in [6.07, 6.45) is 10.8. The lowest BCUT2D eigenvalue weighted by Gasteiger charge is -2.32. The van der Waals surface area contributed by atoms with Crippen LogP contribution in [0.4, 0.5) is 0 Å². The molecule has 0 amide bonds. The highest BCUT2D eigenvalue weighted by Crippen LogP contribution is 2.22. The second-order valence-corrected chi connectivity index (χ2v) is 7.51. The first kappa shape index (κ1) is 16.3. The molecule has 3 aromatic heterocycles. The van der Waals surface area contributed by atoms with Crippen molar-refractivity contribution in [2.75, 3.05) is 13.1 Å². The lowest BCUT2D eigenvalue weighted by molar-refractivity contribution is 0.165. The third-order valence-electron chi connectivity index (χ3n) is 5.23. The van der Waals surface area contributed by atoms with Gasteiger partial charge in [-0.1, -0.05) is 19.9 Å². The van der Waals surface area contributed by atoms with Crippen molar-refractivity contribution < 1.29 is 0 Å². The first-order chi connectivity index (χ1) is 12.2. The minimum absolute atomic E-state index is 0.491. The number of hydrogen-bond donors (Lipinski definition) is 0. The second-order valence-electron chi connectivity index (χ2n) is 7.51. The molecule has 0 saturated carbocycles. The Morgan fingerprint density at radius 1 is 1.16 bits per heavy atom. The number of imidazole rings is 2. The number of pyridine rings is 1. The highest BCUT2D eigenvalue weighted by molar-refractivity contribution is 5.39. The van der Waals surface area contributed by atoms with E-state index in [1.807, 2.05) is 18.3 Å². The van der Waals surface area contributed by atoms with Crippen molar-refractivity contribution in [3.63, 3.8) is 0 Å². The maximum absolute atomic E-state index is 4.73. The molecule has 1 aliphatic heterocycles. The molecule has 4 rings (SSSR count). The molecule has 0 bridgehead atoms. The van der Waals surface area contributed by atoms with Gasteiger partial charge in [0.2, 0.25) is 0 Å². The van der Waals surface area contributed by atoms with Crippen LogP contribution in [-0.2, 0) is 13.1 Å². The molecule has 0 atom stereocenters. The summed E-state index contributed by atoms with van der Waals surface area (Å²) in [7, 11) is 0. The Bertz CT molecular complexity index is 790. The van der Waals surface area contributed by atoms with Gasteiger partial charge in [-0.2, -0.15) is 0 Å². The predicted molar refractivity (Wildman–Crippen MR) is 99.5 cm³/mol. The van der Waals surface area contributed by atoms with E-state index >= 15 is 0 Å². The van der Waals surface area contributed by atoms with Crippen molar-refractivity contribution in [2.45, 2.75) is 45.7 Å². The SMILES string of the molecule is CC(C)c1nccn1CC1CCN(Cc2cn3ccccc3n2)CC1. The Kier molecular flexibility index (Phi) is 4.57. The fourth-order valence-corrected chi connectivity index (χ4v) is 3.87. The van der Waals surface area contributed by atoms with Crippen LogP contribution < -0.4 is 0 Å². The molecule has 4 heterocycles. The molecule has 1 fully saturated rings. The number of nitrogens with zero attached hydrogens (tertiary/aromatic N) is 5. The van der Waals surface area contributed by atoms with Crippen molar-refractivity contribution in [1.82, 2.24) is 23.8 Å². The van der Waals surface area contributed by atoms with E-state index in [2.05, 4.69) is 57.4 Å². The molecule has 5 heteroatoms. The minimum atomic E-state index is 0.491. The van der Waals surface area contributed by atoms with Crippen LogP contribution in [0.15, 0.2) is 43.0 Å². The number of fused-ring (bicyclic) bond motifs is 1. The first-order valence-corrected chi connectivity index (χ1v) is 9.35. The van der Waals surface area contributed by atoms with Gasteiger partial charge in [0.15, 0.2) is 0 Å². The van der Waals surface area contributed by atoms with E-state index in [0.29, 0.717) is 5.92 Å². The Labute approximate surface area is 149 Å². The summed E-state index contributed by atoms with van der Waals surface area (Å²) < 4.78 is 4.46. The summed E-state index contributed by atoms with van der Waals surface area (Å²) in [5.41, 5.74) is 2.20. The normalized spacial score (nSPS) is 16.9. The van der Waals surface area contributed by atoms with Crippen LogP contribution in [0.25, 0.3) is 5.65 Å². The number of likely N-dealkylation sites (tertiary alicyclic amines) is 1. The average Bonchev–Trinajstić information content (AvgIpc) is 3.22. The third-order valence-corrected chi connectivity index (χ3v) is 5.23. The third kappa shape index (κ3) is 3.61. The van der Waals surface area contributed by atoms with Crippen LogP contribution in [-0.4, -0.2) is 36.9 Å². The van der Waals surface area contributed by atoms with Crippen molar-refractivity contribution in [2.24, 2.45) is 5.92 Å². The zero-order chi connectivity index (χ0) is 17.2. The molecule has 0 N–H and O–H groups in total. The van der Waals surface area contributed by atoms with Gasteiger partial charge in [0.1, 0.15) is 11.5 Å². The Morgan fingerprint density at radius 2 is 2.00 bits per heavy atom. The van der Waals surface area contributed by atoms with Gasteiger partial charge in [-0.05, 0) is 44.0 Å². The molecular formula is C20H27N5. The summed E-state index contributed by atoms with van der Waals surface area (Å²) in [5.74, 6) is 2.46. The molecule has 0 radical (unpaired) electrons. The molecular weight excluding hydrogens is 310 g/mol. The lowest BCUT2D eigenvalue weighted by Crippen LogP contribution is -2.34. The van der Waals surface area contributed by atoms with Gasteiger partial charge >= 0.3 is 0 Å². The van der Waals surface area contributed by atoms with E-state index in [1.165, 1.54) is 24.4 Å². The number of piperidine rings is 1. The van der Waals surface area contributed by atoms with E-state index in [-0.39, 0.29) is 0 Å². The highest BCUT2D eigenvalue weighted by Gasteiger charge is 2.21. The average molecular weight is 337 g/mol. The van der Waals surface area contributed by atoms with Gasteiger partial charge in [0, 0.05) is 43.8 Å². The minimum Gasteiger partial charge on any atom is -0.334 e. The predicted octanol–water partition coefficient (Wildman–Crippen LogP) is 3.57. The molecule has 0 spiro atoms. The number of rotatable bonds is 5. The van der Waals surface area contributed by atoms with Crippen molar-refractivity contribution in [3.05, 3.63) is 54.5 Å². The fourth-order valence-electron chi connectivity index (χ4n) is 3.87. The van der Waals surface area contributed by atoms with Gasteiger partial charge in [0.05, 0.1) is 5.69 Å². The molecule has 25 heavy (non-hydrogen) atoms.